The number of halogens is 1. The molecule has 0 spiro atoms. The molecular formula is C18H20ClNO2. The molecule has 0 radical (unpaired) electrons. The van der Waals surface area contributed by atoms with Crippen LogP contribution in [0.4, 0.5) is 0 Å². The fourth-order valence-electron chi connectivity index (χ4n) is 2.13. The predicted molar refractivity (Wildman–Crippen MR) is 89.6 cm³/mol. The summed E-state index contributed by atoms with van der Waals surface area (Å²) in [6.07, 6.45) is 0.323. The van der Waals surface area contributed by atoms with Crippen LogP contribution in [-0.2, 0) is 11.2 Å². The number of nitrogens with one attached hydrogen (secondary N) is 1. The summed E-state index contributed by atoms with van der Waals surface area (Å²) in [7, 11) is 0. The number of amides is 1. The van der Waals surface area contributed by atoms with E-state index in [1.54, 1.807) is 12.1 Å². The number of ether oxygens (including phenoxy) is 1. The highest BCUT2D eigenvalue weighted by Gasteiger charge is 2.04. The van der Waals surface area contributed by atoms with E-state index < -0.39 is 0 Å². The Morgan fingerprint density at radius 2 is 1.95 bits per heavy atom. The van der Waals surface area contributed by atoms with Gasteiger partial charge in [-0.05, 0) is 48.7 Å². The molecule has 2 aromatic carbocycles. The zero-order valence-electron chi connectivity index (χ0n) is 12.9. The maximum atomic E-state index is 11.8. The van der Waals surface area contributed by atoms with Gasteiger partial charge in [-0.25, -0.2) is 0 Å². The summed E-state index contributed by atoms with van der Waals surface area (Å²) >= 11 is 5.90. The average molecular weight is 318 g/mol. The third-order valence-electron chi connectivity index (χ3n) is 3.49. The van der Waals surface area contributed by atoms with Crippen molar-refractivity contribution < 1.29 is 9.53 Å². The lowest BCUT2D eigenvalue weighted by atomic mass is 10.1. The van der Waals surface area contributed by atoms with E-state index in [4.69, 9.17) is 16.3 Å². The SMILES string of the molecule is Cc1cccc(OCCNC(=O)Cc2cccc(Cl)c2)c1C. The van der Waals surface area contributed by atoms with E-state index in [1.165, 1.54) is 5.56 Å². The Balaban J connectivity index is 1.74. The van der Waals surface area contributed by atoms with Crippen LogP contribution in [0.1, 0.15) is 16.7 Å². The van der Waals surface area contributed by atoms with Crippen LogP contribution >= 0.6 is 11.6 Å². The number of aryl methyl sites for hydroxylation is 1. The molecule has 0 heterocycles. The van der Waals surface area contributed by atoms with Crippen molar-refractivity contribution in [1.82, 2.24) is 5.32 Å². The summed E-state index contributed by atoms with van der Waals surface area (Å²) in [6, 6.07) is 13.3. The Morgan fingerprint density at radius 1 is 1.18 bits per heavy atom. The molecule has 0 saturated carbocycles. The third kappa shape index (κ3) is 4.78. The number of benzene rings is 2. The van der Waals surface area contributed by atoms with E-state index in [1.807, 2.05) is 31.2 Å². The summed E-state index contributed by atoms with van der Waals surface area (Å²) in [5.41, 5.74) is 3.23. The molecule has 0 aliphatic rings. The molecule has 1 N–H and O–H groups in total. The van der Waals surface area contributed by atoms with Crippen LogP contribution in [0, 0.1) is 13.8 Å². The highest BCUT2D eigenvalue weighted by molar-refractivity contribution is 6.30. The Kier molecular flexibility index (Phi) is 5.84. The van der Waals surface area contributed by atoms with Crippen molar-refractivity contribution in [2.45, 2.75) is 20.3 Å². The van der Waals surface area contributed by atoms with Crippen LogP contribution in [0.15, 0.2) is 42.5 Å². The Hall–Kier alpha value is -2.00. The number of carbonyl (C=O) groups is 1. The molecule has 22 heavy (non-hydrogen) atoms. The molecule has 0 aromatic heterocycles. The fraction of sp³-hybridized carbons (Fsp3) is 0.278. The molecule has 0 bridgehead atoms. The lowest BCUT2D eigenvalue weighted by molar-refractivity contribution is -0.120. The standard InChI is InChI=1S/C18H20ClNO2/c1-13-5-3-8-17(14(13)2)22-10-9-20-18(21)12-15-6-4-7-16(19)11-15/h3-8,11H,9-10,12H2,1-2H3,(H,20,21). The summed E-state index contributed by atoms with van der Waals surface area (Å²) in [6.45, 7) is 5.01. The summed E-state index contributed by atoms with van der Waals surface area (Å²) in [5, 5.41) is 3.49. The van der Waals surface area contributed by atoms with E-state index >= 15 is 0 Å². The van der Waals surface area contributed by atoms with Gasteiger partial charge < -0.3 is 10.1 Å². The molecule has 1 amide bonds. The second-order valence-corrected chi connectivity index (χ2v) is 5.64. The van der Waals surface area contributed by atoms with E-state index in [0.717, 1.165) is 16.9 Å². The number of hydrogen-bond donors (Lipinski definition) is 1. The molecule has 3 nitrogen and oxygen atoms in total. The molecule has 116 valence electrons. The van der Waals surface area contributed by atoms with Gasteiger partial charge in [0.2, 0.25) is 5.91 Å². The molecular weight excluding hydrogens is 298 g/mol. The lowest BCUT2D eigenvalue weighted by Gasteiger charge is -2.11. The van der Waals surface area contributed by atoms with Crippen LogP contribution in [0.2, 0.25) is 5.02 Å². The molecule has 0 aliphatic carbocycles. The van der Waals surface area contributed by atoms with Crippen LogP contribution in [0.5, 0.6) is 5.75 Å². The van der Waals surface area contributed by atoms with E-state index in [-0.39, 0.29) is 5.91 Å². The van der Waals surface area contributed by atoms with Crippen molar-refractivity contribution in [2.75, 3.05) is 13.2 Å². The molecule has 2 aromatic rings. The van der Waals surface area contributed by atoms with E-state index in [0.29, 0.717) is 24.6 Å². The molecule has 0 aliphatic heterocycles. The number of carbonyl (C=O) groups excluding carboxylic acids is 1. The largest absolute Gasteiger partial charge is 0.491 e. The van der Waals surface area contributed by atoms with Crippen LogP contribution < -0.4 is 10.1 Å². The van der Waals surface area contributed by atoms with Gasteiger partial charge in [-0.1, -0.05) is 35.9 Å². The van der Waals surface area contributed by atoms with Crippen LogP contribution in [-0.4, -0.2) is 19.1 Å². The maximum Gasteiger partial charge on any atom is 0.224 e. The first-order chi connectivity index (χ1) is 10.6. The van der Waals surface area contributed by atoms with Gasteiger partial charge >= 0.3 is 0 Å². The van der Waals surface area contributed by atoms with Gasteiger partial charge in [0.05, 0.1) is 13.0 Å². The van der Waals surface area contributed by atoms with Crippen molar-refractivity contribution in [2.24, 2.45) is 0 Å². The van der Waals surface area contributed by atoms with Crippen LogP contribution in [0.3, 0.4) is 0 Å². The highest BCUT2D eigenvalue weighted by atomic mass is 35.5. The topological polar surface area (TPSA) is 38.3 Å². The Morgan fingerprint density at radius 3 is 2.73 bits per heavy atom. The second-order valence-electron chi connectivity index (χ2n) is 5.20. The Labute approximate surface area is 136 Å². The van der Waals surface area contributed by atoms with Crippen molar-refractivity contribution >= 4 is 17.5 Å². The van der Waals surface area contributed by atoms with Gasteiger partial charge in [-0.3, -0.25) is 4.79 Å². The first-order valence-electron chi connectivity index (χ1n) is 7.26. The van der Waals surface area contributed by atoms with Crippen molar-refractivity contribution in [1.29, 1.82) is 0 Å². The number of rotatable bonds is 6. The molecule has 0 saturated heterocycles. The summed E-state index contributed by atoms with van der Waals surface area (Å²) in [4.78, 5) is 11.8. The first kappa shape index (κ1) is 16.4. The van der Waals surface area contributed by atoms with Crippen molar-refractivity contribution in [3.8, 4) is 5.75 Å². The lowest BCUT2D eigenvalue weighted by Crippen LogP contribution is -2.29. The minimum absolute atomic E-state index is 0.0353. The fourth-order valence-corrected chi connectivity index (χ4v) is 2.34. The van der Waals surface area contributed by atoms with E-state index in [9.17, 15) is 4.79 Å². The highest BCUT2D eigenvalue weighted by Crippen LogP contribution is 2.20. The Bertz CT molecular complexity index is 655. The zero-order chi connectivity index (χ0) is 15.9. The van der Waals surface area contributed by atoms with Gasteiger partial charge in [0.15, 0.2) is 0 Å². The monoisotopic (exact) mass is 317 g/mol. The summed E-state index contributed by atoms with van der Waals surface area (Å²) in [5.74, 6) is 0.830. The summed E-state index contributed by atoms with van der Waals surface area (Å²) < 4.78 is 5.70. The van der Waals surface area contributed by atoms with Crippen molar-refractivity contribution in [3.63, 3.8) is 0 Å². The van der Waals surface area contributed by atoms with Gasteiger partial charge in [-0.15, -0.1) is 0 Å². The van der Waals surface area contributed by atoms with Gasteiger partial charge in [0.1, 0.15) is 12.4 Å². The molecule has 2 rings (SSSR count). The average Bonchev–Trinajstić information content (AvgIpc) is 2.48. The van der Waals surface area contributed by atoms with Crippen LogP contribution in [0.25, 0.3) is 0 Å². The quantitative estimate of drug-likeness (QED) is 0.825. The molecule has 0 unspecified atom stereocenters. The third-order valence-corrected chi connectivity index (χ3v) is 3.73. The first-order valence-corrected chi connectivity index (χ1v) is 7.64. The molecule has 4 heteroatoms. The van der Waals surface area contributed by atoms with Gasteiger partial charge in [0, 0.05) is 5.02 Å². The van der Waals surface area contributed by atoms with Gasteiger partial charge in [-0.2, -0.15) is 0 Å². The minimum Gasteiger partial charge on any atom is -0.491 e. The van der Waals surface area contributed by atoms with Crippen molar-refractivity contribution in [3.05, 3.63) is 64.2 Å². The molecule has 0 atom stereocenters. The maximum absolute atomic E-state index is 11.8. The predicted octanol–water partition coefficient (Wildman–Crippen LogP) is 3.69. The zero-order valence-corrected chi connectivity index (χ0v) is 13.6. The normalized spacial score (nSPS) is 10.3. The second kappa shape index (κ2) is 7.85. The smallest absolute Gasteiger partial charge is 0.224 e. The minimum atomic E-state index is -0.0353. The van der Waals surface area contributed by atoms with Gasteiger partial charge in [0.25, 0.3) is 0 Å². The van der Waals surface area contributed by atoms with E-state index in [2.05, 4.69) is 18.3 Å². The number of hydrogen-bond acceptors (Lipinski definition) is 2. The molecule has 0 fully saturated rings.